The van der Waals surface area contributed by atoms with Crippen molar-refractivity contribution in [3.63, 3.8) is 0 Å². The van der Waals surface area contributed by atoms with Crippen molar-refractivity contribution in [3.05, 3.63) is 64.9 Å². The van der Waals surface area contributed by atoms with E-state index in [-0.39, 0.29) is 0 Å². The van der Waals surface area contributed by atoms with Crippen molar-refractivity contribution in [1.29, 1.82) is 0 Å². The van der Waals surface area contributed by atoms with E-state index in [0.29, 0.717) is 6.04 Å². The summed E-state index contributed by atoms with van der Waals surface area (Å²) < 4.78 is 3.04. The van der Waals surface area contributed by atoms with Crippen LogP contribution in [0.15, 0.2) is 54.6 Å². The standard InChI is InChI=1S/C17H18N2S/c1-13(11-12-14-7-3-2-4-8-14)19-16-10-6-5-9-15(16)18-17(19)20/h2-10,13H,11-12H2,1H3,(H,18,20). The fourth-order valence-electron chi connectivity index (χ4n) is 2.66. The molecule has 102 valence electrons. The fraction of sp³-hybridized carbons (Fsp3) is 0.235. The molecular formula is C17H18N2S. The number of rotatable bonds is 4. The predicted molar refractivity (Wildman–Crippen MR) is 86.6 cm³/mol. The van der Waals surface area contributed by atoms with Crippen LogP contribution in [0, 0.1) is 4.77 Å². The number of aromatic amines is 1. The molecule has 20 heavy (non-hydrogen) atoms. The number of hydrogen-bond acceptors (Lipinski definition) is 1. The summed E-state index contributed by atoms with van der Waals surface area (Å²) in [6.45, 7) is 2.24. The quantitative estimate of drug-likeness (QED) is 0.675. The smallest absolute Gasteiger partial charge is 0.178 e. The molecule has 0 bridgehead atoms. The minimum absolute atomic E-state index is 0.388. The second-order valence-corrected chi connectivity index (χ2v) is 5.58. The Morgan fingerprint density at radius 1 is 1.05 bits per heavy atom. The highest BCUT2D eigenvalue weighted by Gasteiger charge is 2.10. The number of nitrogens with zero attached hydrogens (tertiary/aromatic N) is 1. The highest BCUT2D eigenvalue weighted by Crippen LogP contribution is 2.22. The van der Waals surface area contributed by atoms with Gasteiger partial charge in [0.15, 0.2) is 4.77 Å². The summed E-state index contributed by atoms with van der Waals surface area (Å²) in [5.74, 6) is 0. The number of fused-ring (bicyclic) bond motifs is 1. The molecule has 0 aliphatic rings. The van der Waals surface area contributed by atoms with Crippen molar-refractivity contribution in [2.75, 3.05) is 0 Å². The monoisotopic (exact) mass is 282 g/mol. The molecule has 1 N–H and O–H groups in total. The Morgan fingerprint density at radius 2 is 1.75 bits per heavy atom. The summed E-state index contributed by atoms with van der Waals surface area (Å²) in [4.78, 5) is 3.28. The Hall–Kier alpha value is -1.87. The van der Waals surface area contributed by atoms with E-state index in [1.807, 2.05) is 6.07 Å². The van der Waals surface area contributed by atoms with Gasteiger partial charge in [0.05, 0.1) is 11.0 Å². The molecule has 0 aliphatic heterocycles. The van der Waals surface area contributed by atoms with Crippen LogP contribution in [-0.2, 0) is 6.42 Å². The number of aryl methyl sites for hydroxylation is 1. The molecule has 0 saturated carbocycles. The van der Waals surface area contributed by atoms with Gasteiger partial charge in [-0.1, -0.05) is 42.5 Å². The summed E-state index contributed by atoms with van der Waals surface area (Å²) in [5.41, 5.74) is 3.69. The van der Waals surface area contributed by atoms with Crippen molar-refractivity contribution < 1.29 is 0 Å². The van der Waals surface area contributed by atoms with Gasteiger partial charge in [-0.25, -0.2) is 0 Å². The zero-order chi connectivity index (χ0) is 13.9. The van der Waals surface area contributed by atoms with Gasteiger partial charge in [-0.2, -0.15) is 0 Å². The molecule has 1 heterocycles. The van der Waals surface area contributed by atoms with E-state index in [9.17, 15) is 0 Å². The molecule has 1 atom stereocenters. The summed E-state index contributed by atoms with van der Waals surface area (Å²) >= 11 is 5.47. The lowest BCUT2D eigenvalue weighted by molar-refractivity contribution is 0.514. The number of hydrogen-bond donors (Lipinski definition) is 1. The Morgan fingerprint density at radius 3 is 2.55 bits per heavy atom. The van der Waals surface area contributed by atoms with Crippen LogP contribution < -0.4 is 0 Å². The minimum atomic E-state index is 0.388. The van der Waals surface area contributed by atoms with Gasteiger partial charge in [0.2, 0.25) is 0 Å². The van der Waals surface area contributed by atoms with Crippen LogP contribution in [0.4, 0.5) is 0 Å². The molecule has 3 heteroatoms. The van der Waals surface area contributed by atoms with Gasteiger partial charge >= 0.3 is 0 Å². The van der Waals surface area contributed by atoms with E-state index in [0.717, 1.165) is 23.1 Å². The number of para-hydroxylation sites is 2. The molecule has 2 nitrogen and oxygen atoms in total. The molecule has 0 amide bonds. The van der Waals surface area contributed by atoms with Crippen molar-refractivity contribution >= 4 is 23.3 Å². The molecule has 0 saturated heterocycles. The molecule has 0 aliphatic carbocycles. The fourth-order valence-corrected chi connectivity index (χ4v) is 3.05. The van der Waals surface area contributed by atoms with E-state index < -0.39 is 0 Å². The number of H-pyrrole nitrogens is 1. The van der Waals surface area contributed by atoms with Gasteiger partial charge in [-0.15, -0.1) is 0 Å². The van der Waals surface area contributed by atoms with Crippen molar-refractivity contribution in [2.45, 2.75) is 25.8 Å². The molecule has 3 aromatic rings. The Kier molecular flexibility index (Phi) is 3.70. The first-order valence-electron chi connectivity index (χ1n) is 6.99. The van der Waals surface area contributed by atoms with Gasteiger partial charge in [-0.05, 0) is 49.7 Å². The Bertz CT molecular complexity index is 755. The lowest BCUT2D eigenvalue weighted by Gasteiger charge is -2.14. The van der Waals surface area contributed by atoms with Gasteiger partial charge in [0, 0.05) is 6.04 Å². The van der Waals surface area contributed by atoms with Gasteiger partial charge in [0.1, 0.15) is 0 Å². The van der Waals surface area contributed by atoms with Crippen LogP contribution in [0.1, 0.15) is 24.9 Å². The second kappa shape index (κ2) is 5.63. The maximum atomic E-state index is 5.47. The summed E-state index contributed by atoms with van der Waals surface area (Å²) in [5, 5.41) is 0. The number of nitrogens with one attached hydrogen (secondary N) is 1. The van der Waals surface area contributed by atoms with Crippen molar-refractivity contribution in [2.24, 2.45) is 0 Å². The number of imidazole rings is 1. The van der Waals surface area contributed by atoms with Crippen molar-refractivity contribution in [3.8, 4) is 0 Å². The third kappa shape index (κ3) is 2.54. The third-order valence-corrected chi connectivity index (χ3v) is 4.06. The maximum absolute atomic E-state index is 5.47. The first-order chi connectivity index (χ1) is 9.75. The van der Waals surface area contributed by atoms with Gasteiger partial charge < -0.3 is 9.55 Å². The van der Waals surface area contributed by atoms with Crippen LogP contribution in [0.2, 0.25) is 0 Å². The number of benzene rings is 2. The maximum Gasteiger partial charge on any atom is 0.178 e. The van der Waals surface area contributed by atoms with Crippen LogP contribution in [-0.4, -0.2) is 9.55 Å². The highest BCUT2D eigenvalue weighted by atomic mass is 32.1. The van der Waals surface area contributed by atoms with E-state index in [2.05, 4.69) is 65.0 Å². The van der Waals surface area contributed by atoms with Gasteiger partial charge in [0.25, 0.3) is 0 Å². The molecule has 0 radical (unpaired) electrons. The zero-order valence-corrected chi connectivity index (χ0v) is 12.4. The molecule has 1 aromatic heterocycles. The van der Waals surface area contributed by atoms with E-state index in [1.54, 1.807) is 0 Å². The first-order valence-corrected chi connectivity index (χ1v) is 7.39. The lowest BCUT2D eigenvalue weighted by atomic mass is 10.1. The van der Waals surface area contributed by atoms with E-state index in [1.165, 1.54) is 11.1 Å². The normalized spacial score (nSPS) is 12.7. The molecule has 1 unspecified atom stereocenters. The van der Waals surface area contributed by atoms with Crippen LogP contribution in [0.5, 0.6) is 0 Å². The largest absolute Gasteiger partial charge is 0.331 e. The summed E-state index contributed by atoms with van der Waals surface area (Å²) in [6.07, 6.45) is 2.16. The van der Waals surface area contributed by atoms with Crippen molar-refractivity contribution in [1.82, 2.24) is 9.55 Å². The first kappa shape index (κ1) is 13.1. The molecule has 0 fully saturated rings. The lowest BCUT2D eigenvalue weighted by Crippen LogP contribution is -2.06. The average Bonchev–Trinajstić information content (AvgIpc) is 2.82. The second-order valence-electron chi connectivity index (χ2n) is 5.19. The molecule has 2 aromatic carbocycles. The van der Waals surface area contributed by atoms with Crippen LogP contribution >= 0.6 is 12.2 Å². The summed E-state index contributed by atoms with van der Waals surface area (Å²) in [6, 6.07) is 19.3. The highest BCUT2D eigenvalue weighted by molar-refractivity contribution is 7.71. The van der Waals surface area contributed by atoms with Crippen LogP contribution in [0.3, 0.4) is 0 Å². The predicted octanol–water partition coefficient (Wildman–Crippen LogP) is 4.89. The molecule has 3 rings (SSSR count). The van der Waals surface area contributed by atoms with E-state index in [4.69, 9.17) is 12.2 Å². The van der Waals surface area contributed by atoms with E-state index >= 15 is 0 Å². The topological polar surface area (TPSA) is 20.7 Å². The number of aromatic nitrogens is 2. The average molecular weight is 282 g/mol. The summed E-state index contributed by atoms with van der Waals surface area (Å²) in [7, 11) is 0. The SMILES string of the molecule is CC(CCc1ccccc1)n1c(=S)[nH]c2ccccc21. The van der Waals surface area contributed by atoms with Gasteiger partial charge in [-0.3, -0.25) is 0 Å². The van der Waals surface area contributed by atoms with Crippen LogP contribution in [0.25, 0.3) is 11.0 Å². The molecular weight excluding hydrogens is 264 g/mol. The zero-order valence-electron chi connectivity index (χ0n) is 11.5. The Balaban J connectivity index is 1.84. The molecule has 0 spiro atoms. The Labute approximate surface area is 124 Å². The third-order valence-electron chi connectivity index (χ3n) is 3.76. The minimum Gasteiger partial charge on any atom is -0.331 e.